The van der Waals surface area contributed by atoms with Gasteiger partial charge in [-0.1, -0.05) is 24.3 Å². The summed E-state index contributed by atoms with van der Waals surface area (Å²) in [5, 5.41) is 3.14. The van der Waals surface area contributed by atoms with Crippen LogP contribution in [-0.4, -0.2) is 30.7 Å². The fraction of sp³-hybridized carbons (Fsp3) is 0.333. The molecule has 2 aliphatic rings. The molecule has 1 N–H and O–H groups in total. The highest BCUT2D eigenvalue weighted by Gasteiger charge is 2.41. The lowest BCUT2D eigenvalue weighted by molar-refractivity contribution is 0.0817. The number of aromatic nitrogens is 1. The lowest BCUT2D eigenvalue weighted by Crippen LogP contribution is -2.57. The van der Waals surface area contributed by atoms with E-state index < -0.39 is 11.8 Å². The largest absolute Gasteiger partial charge is 0.315 e. The number of pyridine rings is 1. The van der Waals surface area contributed by atoms with Gasteiger partial charge in [-0.2, -0.15) is 0 Å². The molecule has 1 aromatic carbocycles. The Hall–Kier alpha value is -2.14. The van der Waals surface area contributed by atoms with Gasteiger partial charge in [0.1, 0.15) is 0 Å². The van der Waals surface area contributed by atoms with Crippen molar-refractivity contribution in [2.45, 2.75) is 24.8 Å². The molecule has 5 heteroatoms. The maximum atomic E-state index is 13.0. The molecule has 2 aromatic rings. The highest BCUT2D eigenvalue weighted by Crippen LogP contribution is 2.37. The molecule has 0 radical (unpaired) electrons. The first-order chi connectivity index (χ1) is 11.2. The first kappa shape index (κ1) is 14.5. The van der Waals surface area contributed by atoms with Gasteiger partial charge in [-0.3, -0.25) is 9.98 Å². The highest BCUT2D eigenvalue weighted by molar-refractivity contribution is 5.93. The van der Waals surface area contributed by atoms with Gasteiger partial charge >= 0.3 is 0 Å². The van der Waals surface area contributed by atoms with Gasteiger partial charge in [0.15, 0.2) is 0 Å². The normalized spacial score (nSPS) is 18.0. The summed E-state index contributed by atoms with van der Waals surface area (Å²) in [5.74, 6) is 0. The molecule has 0 bridgehead atoms. The topological polar surface area (TPSA) is 37.3 Å². The third kappa shape index (κ3) is 2.45. The average Bonchev–Trinajstić information content (AvgIpc) is 2.99. The van der Waals surface area contributed by atoms with Gasteiger partial charge in [0.05, 0.1) is 12.2 Å². The van der Waals surface area contributed by atoms with Crippen LogP contribution in [0.3, 0.4) is 0 Å². The number of aliphatic imine (C=N–C) groups is 1. The van der Waals surface area contributed by atoms with E-state index in [1.54, 1.807) is 6.20 Å². The highest BCUT2D eigenvalue weighted by atomic mass is 19.3. The first-order valence-corrected chi connectivity index (χ1v) is 7.75. The van der Waals surface area contributed by atoms with Crippen molar-refractivity contribution in [1.29, 1.82) is 0 Å². The monoisotopic (exact) mass is 313 g/mol. The summed E-state index contributed by atoms with van der Waals surface area (Å²) in [7, 11) is 0. The van der Waals surface area contributed by atoms with Crippen LogP contribution < -0.4 is 5.32 Å². The van der Waals surface area contributed by atoms with Crippen LogP contribution in [-0.2, 0) is 12.0 Å². The number of alkyl halides is 2. The zero-order valence-electron chi connectivity index (χ0n) is 12.6. The van der Waals surface area contributed by atoms with E-state index in [0.717, 1.165) is 27.9 Å². The van der Waals surface area contributed by atoms with Crippen molar-refractivity contribution in [3.8, 4) is 11.1 Å². The van der Waals surface area contributed by atoms with Crippen LogP contribution in [0.4, 0.5) is 8.78 Å². The van der Waals surface area contributed by atoms with Crippen LogP contribution in [0.2, 0.25) is 0 Å². The molecule has 3 heterocycles. The number of nitrogens with one attached hydrogen (secondary N) is 1. The molecule has 1 saturated heterocycles. The van der Waals surface area contributed by atoms with Gasteiger partial charge in [0.2, 0.25) is 6.43 Å². The Kier molecular flexibility index (Phi) is 3.45. The molecule has 0 spiro atoms. The van der Waals surface area contributed by atoms with Crippen molar-refractivity contribution < 1.29 is 8.78 Å². The van der Waals surface area contributed by atoms with Gasteiger partial charge in [-0.05, 0) is 22.8 Å². The summed E-state index contributed by atoms with van der Waals surface area (Å²) in [6.45, 7) is 1.83. The number of benzene rings is 1. The predicted molar refractivity (Wildman–Crippen MR) is 86.1 cm³/mol. The van der Waals surface area contributed by atoms with Crippen molar-refractivity contribution in [2.75, 3.05) is 13.1 Å². The van der Waals surface area contributed by atoms with E-state index in [0.29, 0.717) is 19.6 Å². The van der Waals surface area contributed by atoms with E-state index in [9.17, 15) is 8.78 Å². The quantitative estimate of drug-likeness (QED) is 0.941. The first-order valence-electron chi connectivity index (χ1n) is 7.75. The molecule has 0 amide bonds. The Morgan fingerprint density at radius 2 is 2.09 bits per heavy atom. The zero-order valence-corrected chi connectivity index (χ0v) is 12.6. The molecule has 1 fully saturated rings. The Labute approximate surface area is 133 Å². The van der Waals surface area contributed by atoms with Gasteiger partial charge in [0, 0.05) is 42.9 Å². The average molecular weight is 313 g/mol. The maximum absolute atomic E-state index is 13.0. The molecule has 4 rings (SSSR count). The van der Waals surface area contributed by atoms with E-state index in [1.807, 2.05) is 36.5 Å². The fourth-order valence-electron chi connectivity index (χ4n) is 3.47. The number of nitrogens with zero attached hydrogens (tertiary/aromatic N) is 2. The van der Waals surface area contributed by atoms with Crippen molar-refractivity contribution in [3.63, 3.8) is 0 Å². The van der Waals surface area contributed by atoms with E-state index in [2.05, 4.69) is 15.3 Å². The van der Waals surface area contributed by atoms with Gasteiger partial charge in [0.25, 0.3) is 0 Å². The minimum absolute atomic E-state index is 0.0979. The number of hydrogen-bond donors (Lipinski definition) is 1. The van der Waals surface area contributed by atoms with E-state index in [1.165, 1.54) is 0 Å². The summed E-state index contributed by atoms with van der Waals surface area (Å²) in [4.78, 5) is 8.63. The Morgan fingerprint density at radius 1 is 1.22 bits per heavy atom. The summed E-state index contributed by atoms with van der Waals surface area (Å²) in [5.41, 5.74) is 4.65. The molecule has 3 nitrogen and oxygen atoms in total. The van der Waals surface area contributed by atoms with Crippen LogP contribution in [0.25, 0.3) is 11.1 Å². The minimum Gasteiger partial charge on any atom is -0.315 e. The fourth-order valence-corrected chi connectivity index (χ4v) is 3.47. The number of hydrogen-bond acceptors (Lipinski definition) is 3. The molecule has 2 aliphatic heterocycles. The van der Waals surface area contributed by atoms with Crippen LogP contribution in [0, 0.1) is 0 Å². The van der Waals surface area contributed by atoms with Gasteiger partial charge in [-0.25, -0.2) is 8.78 Å². The Bertz CT molecular complexity index is 767. The smallest absolute Gasteiger partial charge is 0.239 e. The molecule has 118 valence electrons. The van der Waals surface area contributed by atoms with Crippen molar-refractivity contribution in [1.82, 2.24) is 10.3 Å². The second kappa shape index (κ2) is 5.49. The molecule has 0 atom stereocenters. The van der Waals surface area contributed by atoms with Gasteiger partial charge in [-0.15, -0.1) is 0 Å². The second-order valence-electron chi connectivity index (χ2n) is 6.25. The third-order valence-corrected chi connectivity index (χ3v) is 4.79. The Balaban J connectivity index is 1.75. The number of rotatable bonds is 4. The van der Waals surface area contributed by atoms with Crippen LogP contribution >= 0.6 is 0 Å². The molecular weight excluding hydrogens is 296 g/mol. The van der Waals surface area contributed by atoms with Crippen molar-refractivity contribution in [3.05, 3.63) is 53.3 Å². The molecule has 1 aromatic heterocycles. The van der Waals surface area contributed by atoms with E-state index in [4.69, 9.17) is 0 Å². The SMILES string of the molecule is FC(F)CC1(c2cccc(-c3ccnc4c3C=NC4)c2)CNC1. The van der Waals surface area contributed by atoms with Crippen molar-refractivity contribution in [2.24, 2.45) is 4.99 Å². The van der Waals surface area contributed by atoms with Crippen LogP contribution in [0.1, 0.15) is 23.2 Å². The van der Waals surface area contributed by atoms with E-state index in [-0.39, 0.29) is 6.42 Å². The summed E-state index contributed by atoms with van der Waals surface area (Å²) in [6, 6.07) is 9.95. The number of halogens is 2. The lowest BCUT2D eigenvalue weighted by Gasteiger charge is -2.43. The molecule has 0 unspecified atom stereocenters. The van der Waals surface area contributed by atoms with Crippen LogP contribution in [0.15, 0.2) is 41.5 Å². The van der Waals surface area contributed by atoms with Crippen molar-refractivity contribution >= 4 is 6.21 Å². The summed E-state index contributed by atoms with van der Waals surface area (Å²) >= 11 is 0. The lowest BCUT2D eigenvalue weighted by atomic mass is 9.72. The summed E-state index contributed by atoms with van der Waals surface area (Å²) < 4.78 is 26.0. The predicted octanol–water partition coefficient (Wildman–Crippen LogP) is 3.18. The summed E-state index contributed by atoms with van der Waals surface area (Å²) in [6.07, 6.45) is 1.25. The zero-order chi connectivity index (χ0) is 15.9. The minimum atomic E-state index is -2.29. The second-order valence-corrected chi connectivity index (χ2v) is 6.25. The standard InChI is InChI=1S/C18H17F2N3/c19-17(20)7-18(10-22-11-18)13-3-1-2-12(6-13)14-4-5-23-16-9-21-8-15(14)16/h1-6,8,17,22H,7,9-11H2. The molecule has 0 saturated carbocycles. The maximum Gasteiger partial charge on any atom is 0.239 e. The van der Waals surface area contributed by atoms with Crippen LogP contribution in [0.5, 0.6) is 0 Å². The molecule has 23 heavy (non-hydrogen) atoms. The van der Waals surface area contributed by atoms with E-state index >= 15 is 0 Å². The molecular formula is C18H17F2N3. The Morgan fingerprint density at radius 3 is 2.83 bits per heavy atom. The third-order valence-electron chi connectivity index (χ3n) is 4.79. The van der Waals surface area contributed by atoms with Gasteiger partial charge < -0.3 is 5.32 Å². The number of fused-ring (bicyclic) bond motifs is 1. The molecule has 0 aliphatic carbocycles.